The Bertz CT molecular complexity index is 732. The molecule has 1 aliphatic heterocycles. The second-order valence-electron chi connectivity index (χ2n) is 5.20. The van der Waals surface area contributed by atoms with E-state index >= 15 is 0 Å². The molecule has 2 aromatic rings. The minimum Gasteiger partial charge on any atom is -0.497 e. The van der Waals surface area contributed by atoms with Crippen LogP contribution in [0.1, 0.15) is 22.7 Å². The Hall–Kier alpha value is -1.73. The first-order valence-electron chi connectivity index (χ1n) is 7.18. The average molecular weight is 350 g/mol. The van der Waals surface area contributed by atoms with E-state index in [1.54, 1.807) is 37.1 Å². The number of hydrogen-bond acceptors (Lipinski definition) is 6. The highest BCUT2D eigenvalue weighted by Crippen LogP contribution is 2.49. The third-order valence-electron chi connectivity index (χ3n) is 3.67. The highest BCUT2D eigenvalue weighted by molar-refractivity contribution is 8.01. The average Bonchev–Trinajstić information content (AvgIpc) is 3.10. The number of aromatic nitrogens is 1. The van der Waals surface area contributed by atoms with E-state index in [1.807, 2.05) is 32.0 Å². The van der Waals surface area contributed by atoms with Crippen LogP contribution in [0, 0.1) is 6.92 Å². The Morgan fingerprint density at radius 2 is 2.04 bits per heavy atom. The first-order chi connectivity index (χ1) is 11.0. The lowest BCUT2D eigenvalue weighted by atomic mass is 10.1. The van der Waals surface area contributed by atoms with Crippen LogP contribution in [0.5, 0.6) is 11.5 Å². The van der Waals surface area contributed by atoms with Gasteiger partial charge in [0.2, 0.25) is 5.91 Å². The molecule has 7 heteroatoms. The predicted octanol–water partition coefficient (Wildman–Crippen LogP) is 3.64. The van der Waals surface area contributed by atoms with Gasteiger partial charge in [0.05, 0.1) is 19.5 Å². The van der Waals surface area contributed by atoms with Crippen molar-refractivity contribution in [3.8, 4) is 11.5 Å². The monoisotopic (exact) mass is 350 g/mol. The zero-order valence-electron chi connectivity index (χ0n) is 13.4. The Morgan fingerprint density at radius 3 is 2.65 bits per heavy atom. The molecule has 2 heterocycles. The fourth-order valence-electron chi connectivity index (χ4n) is 2.52. The van der Waals surface area contributed by atoms with Crippen LogP contribution in [-0.2, 0) is 4.79 Å². The van der Waals surface area contributed by atoms with Crippen molar-refractivity contribution in [1.29, 1.82) is 0 Å². The van der Waals surface area contributed by atoms with Gasteiger partial charge in [-0.3, -0.25) is 9.69 Å². The van der Waals surface area contributed by atoms with E-state index in [0.29, 0.717) is 0 Å². The van der Waals surface area contributed by atoms with Crippen LogP contribution in [-0.4, -0.2) is 30.4 Å². The van der Waals surface area contributed by atoms with E-state index in [0.717, 1.165) is 27.1 Å². The maximum absolute atomic E-state index is 12.7. The number of carbonyl (C=O) groups excluding carboxylic acids is 1. The van der Waals surface area contributed by atoms with Gasteiger partial charge in [-0.15, -0.1) is 23.1 Å². The zero-order chi connectivity index (χ0) is 16.6. The SMILES string of the molecule is COc1ccc(OC)c([C@@H]2S[C@@H](C)C(=O)N2c2ncc(C)s2)c1. The maximum atomic E-state index is 12.7. The van der Waals surface area contributed by atoms with Crippen molar-refractivity contribution in [2.45, 2.75) is 24.5 Å². The third-order valence-corrected chi connectivity index (χ3v) is 5.92. The van der Waals surface area contributed by atoms with Gasteiger partial charge in [-0.2, -0.15) is 0 Å². The number of benzene rings is 1. The summed E-state index contributed by atoms with van der Waals surface area (Å²) in [4.78, 5) is 19.9. The van der Waals surface area contributed by atoms with E-state index in [1.165, 1.54) is 11.3 Å². The first kappa shape index (κ1) is 16.1. The van der Waals surface area contributed by atoms with Gasteiger partial charge in [0, 0.05) is 16.6 Å². The van der Waals surface area contributed by atoms with Crippen LogP contribution in [0.3, 0.4) is 0 Å². The van der Waals surface area contributed by atoms with Gasteiger partial charge in [0.1, 0.15) is 16.9 Å². The lowest BCUT2D eigenvalue weighted by Crippen LogP contribution is -2.30. The molecule has 0 aliphatic carbocycles. The minimum atomic E-state index is -0.173. The van der Waals surface area contributed by atoms with Crippen molar-refractivity contribution in [1.82, 2.24) is 4.98 Å². The van der Waals surface area contributed by atoms with Gasteiger partial charge >= 0.3 is 0 Å². The van der Waals surface area contributed by atoms with E-state index < -0.39 is 0 Å². The molecule has 1 aliphatic rings. The molecule has 0 radical (unpaired) electrons. The van der Waals surface area contributed by atoms with Gasteiger partial charge in [-0.05, 0) is 32.0 Å². The van der Waals surface area contributed by atoms with Crippen molar-refractivity contribution in [3.63, 3.8) is 0 Å². The summed E-state index contributed by atoms with van der Waals surface area (Å²) in [6.45, 7) is 3.91. The van der Waals surface area contributed by atoms with Crippen LogP contribution in [0.15, 0.2) is 24.4 Å². The number of aryl methyl sites for hydroxylation is 1. The van der Waals surface area contributed by atoms with Crippen LogP contribution >= 0.6 is 23.1 Å². The summed E-state index contributed by atoms with van der Waals surface area (Å²) in [6.07, 6.45) is 1.79. The predicted molar refractivity (Wildman–Crippen MR) is 93.7 cm³/mol. The number of anilines is 1. The number of thioether (sulfide) groups is 1. The van der Waals surface area contributed by atoms with E-state index in [4.69, 9.17) is 9.47 Å². The summed E-state index contributed by atoms with van der Waals surface area (Å²) in [5, 5.41) is 0.424. The molecule has 1 fully saturated rings. The molecule has 1 aromatic carbocycles. The Kier molecular flexibility index (Phi) is 4.50. The second kappa shape index (κ2) is 6.41. The number of methoxy groups -OCH3 is 2. The van der Waals surface area contributed by atoms with Gasteiger partial charge in [0.25, 0.3) is 0 Å². The molecule has 0 N–H and O–H groups in total. The van der Waals surface area contributed by atoms with Crippen LogP contribution in [0.2, 0.25) is 0 Å². The quantitative estimate of drug-likeness (QED) is 0.843. The van der Waals surface area contributed by atoms with Crippen molar-refractivity contribution < 1.29 is 14.3 Å². The van der Waals surface area contributed by atoms with Crippen LogP contribution in [0.25, 0.3) is 0 Å². The van der Waals surface area contributed by atoms with Crippen molar-refractivity contribution in [3.05, 3.63) is 34.8 Å². The standard InChI is InChI=1S/C16H18N2O3S2/c1-9-8-17-16(22-9)18-14(19)10(2)23-15(18)12-7-11(20-3)5-6-13(12)21-4/h5-8,10,15H,1-4H3/t10-,15-/m0/s1. The molecule has 0 spiro atoms. The molecular formula is C16H18N2O3S2. The molecule has 122 valence electrons. The molecule has 0 unspecified atom stereocenters. The topological polar surface area (TPSA) is 51.7 Å². The van der Waals surface area contributed by atoms with Crippen molar-refractivity contribution >= 4 is 34.1 Å². The minimum absolute atomic E-state index is 0.0687. The number of ether oxygens (including phenoxy) is 2. The summed E-state index contributed by atoms with van der Waals surface area (Å²) in [5.41, 5.74) is 0.919. The first-order valence-corrected chi connectivity index (χ1v) is 8.94. The number of hydrogen-bond donors (Lipinski definition) is 0. The fraction of sp³-hybridized carbons (Fsp3) is 0.375. The maximum Gasteiger partial charge on any atom is 0.242 e. The summed E-state index contributed by atoms with van der Waals surface area (Å²) in [7, 11) is 3.26. The van der Waals surface area contributed by atoms with Crippen molar-refractivity contribution in [2.24, 2.45) is 0 Å². The molecule has 5 nitrogen and oxygen atoms in total. The summed E-state index contributed by atoms with van der Waals surface area (Å²) in [6, 6.07) is 5.65. The summed E-state index contributed by atoms with van der Waals surface area (Å²) in [5.74, 6) is 1.55. The summed E-state index contributed by atoms with van der Waals surface area (Å²) < 4.78 is 10.8. The Balaban J connectivity index is 2.08. The van der Waals surface area contributed by atoms with Gasteiger partial charge in [-0.25, -0.2) is 4.98 Å². The number of amides is 1. The third kappa shape index (κ3) is 2.90. The van der Waals surface area contributed by atoms with Gasteiger partial charge in [0.15, 0.2) is 5.13 Å². The number of thiazole rings is 1. The van der Waals surface area contributed by atoms with Crippen LogP contribution < -0.4 is 14.4 Å². The zero-order valence-corrected chi connectivity index (χ0v) is 15.0. The molecule has 0 bridgehead atoms. The number of carbonyl (C=O) groups is 1. The Morgan fingerprint density at radius 1 is 1.26 bits per heavy atom. The summed E-state index contributed by atoms with van der Waals surface area (Å²) >= 11 is 3.12. The highest BCUT2D eigenvalue weighted by atomic mass is 32.2. The van der Waals surface area contributed by atoms with E-state index in [9.17, 15) is 4.79 Å². The molecule has 2 atom stereocenters. The van der Waals surface area contributed by atoms with E-state index in [-0.39, 0.29) is 16.5 Å². The molecule has 3 rings (SSSR count). The number of nitrogens with zero attached hydrogens (tertiary/aromatic N) is 2. The molecule has 0 saturated carbocycles. The lowest BCUT2D eigenvalue weighted by Gasteiger charge is -2.23. The normalized spacial score (nSPS) is 20.9. The fourth-order valence-corrected chi connectivity index (χ4v) is 4.65. The number of rotatable bonds is 4. The van der Waals surface area contributed by atoms with Crippen molar-refractivity contribution in [2.75, 3.05) is 19.1 Å². The lowest BCUT2D eigenvalue weighted by molar-refractivity contribution is -0.117. The molecule has 1 amide bonds. The molecule has 23 heavy (non-hydrogen) atoms. The van der Waals surface area contributed by atoms with Crippen LogP contribution in [0.4, 0.5) is 5.13 Å². The molecule has 1 saturated heterocycles. The molecular weight excluding hydrogens is 332 g/mol. The van der Waals surface area contributed by atoms with Gasteiger partial charge < -0.3 is 9.47 Å². The highest BCUT2D eigenvalue weighted by Gasteiger charge is 2.42. The van der Waals surface area contributed by atoms with E-state index in [2.05, 4.69) is 4.98 Å². The largest absolute Gasteiger partial charge is 0.497 e. The smallest absolute Gasteiger partial charge is 0.242 e. The Labute approximate surface area is 143 Å². The molecule has 1 aromatic heterocycles. The van der Waals surface area contributed by atoms with Gasteiger partial charge in [-0.1, -0.05) is 0 Å². The second-order valence-corrected chi connectivity index (χ2v) is 7.84.